The highest BCUT2D eigenvalue weighted by Crippen LogP contribution is 2.34. The highest BCUT2D eigenvalue weighted by Gasteiger charge is 2.39. The Morgan fingerprint density at radius 3 is 2.64 bits per heavy atom. The van der Waals surface area contributed by atoms with Gasteiger partial charge in [-0.2, -0.15) is 0 Å². The van der Waals surface area contributed by atoms with Crippen molar-refractivity contribution in [2.45, 2.75) is 76.2 Å². The second-order valence-electron chi connectivity index (χ2n) is 12.4. The third-order valence-electron chi connectivity index (χ3n) is 9.03. The zero-order chi connectivity index (χ0) is 31.3. The second kappa shape index (κ2) is 13.9. The van der Waals surface area contributed by atoms with Crippen molar-refractivity contribution in [3.8, 4) is 17.2 Å². The standard InChI is InChI=1S/C34H42N4O7/c1-43-29-17-23-9-13-28(29)45-26-7-5-6-24(16-26)22-44-30-19-37(34(42)21-36-15-4-2-3-8-32(36)40)18-27(30)35-31(39)20-38(25-11-12-25)33(41)14-10-23/h5-7,9,13,16-17,25,27,30H,2-4,8,10-12,14-15,18-22H2,1H3,(H,35,39)/t27-,30-/m0/s1. The minimum atomic E-state index is -0.471. The van der Waals surface area contributed by atoms with Gasteiger partial charge < -0.3 is 34.2 Å². The van der Waals surface area contributed by atoms with Crippen LogP contribution < -0.4 is 14.8 Å². The number of carbonyl (C=O) groups excluding carboxylic acids is 4. The van der Waals surface area contributed by atoms with E-state index in [0.717, 1.165) is 43.2 Å². The Balaban J connectivity index is 1.22. The number of methoxy groups -OCH3 is 1. The van der Waals surface area contributed by atoms with Crippen LogP contribution >= 0.6 is 0 Å². The number of hydrogen-bond acceptors (Lipinski definition) is 7. The lowest BCUT2D eigenvalue weighted by Crippen LogP contribution is -2.49. The van der Waals surface area contributed by atoms with Crippen LogP contribution in [0, 0.1) is 0 Å². The summed E-state index contributed by atoms with van der Waals surface area (Å²) < 4.78 is 18.1. The molecule has 0 spiro atoms. The number of aryl methyl sites for hydroxylation is 1. The fourth-order valence-corrected chi connectivity index (χ4v) is 6.34. The summed E-state index contributed by atoms with van der Waals surface area (Å²) in [7, 11) is 1.59. The molecule has 4 amide bonds. The van der Waals surface area contributed by atoms with Crippen molar-refractivity contribution < 1.29 is 33.4 Å². The average molecular weight is 619 g/mol. The highest BCUT2D eigenvalue weighted by atomic mass is 16.5. The number of rotatable bonds is 4. The zero-order valence-corrected chi connectivity index (χ0v) is 25.9. The Kier molecular flexibility index (Phi) is 9.53. The van der Waals surface area contributed by atoms with Crippen molar-refractivity contribution in [2.24, 2.45) is 0 Å². The van der Waals surface area contributed by atoms with Gasteiger partial charge >= 0.3 is 0 Å². The molecule has 5 aliphatic rings. The first kappa shape index (κ1) is 30.9. The quantitative estimate of drug-likeness (QED) is 0.560. The Labute approximate surface area is 263 Å². The van der Waals surface area contributed by atoms with E-state index in [1.807, 2.05) is 42.5 Å². The molecule has 7 rings (SSSR count). The molecule has 4 bridgehead atoms. The van der Waals surface area contributed by atoms with E-state index < -0.39 is 12.1 Å². The molecule has 1 N–H and O–H groups in total. The summed E-state index contributed by atoms with van der Waals surface area (Å²) >= 11 is 0. The van der Waals surface area contributed by atoms with E-state index in [0.29, 0.717) is 36.6 Å². The van der Waals surface area contributed by atoms with Crippen molar-refractivity contribution in [1.82, 2.24) is 20.0 Å². The van der Waals surface area contributed by atoms with Crippen LogP contribution in [-0.2, 0) is 36.9 Å². The number of ether oxygens (including phenoxy) is 3. The molecule has 240 valence electrons. The number of nitrogens with one attached hydrogen (secondary N) is 1. The number of nitrogens with zero attached hydrogens (tertiary/aromatic N) is 3. The van der Waals surface area contributed by atoms with Gasteiger partial charge in [-0.25, -0.2) is 0 Å². The SMILES string of the molecule is COc1cc2ccc1Oc1cccc(c1)CO[C@H]1CN(C(=O)CN3CCCCCC3=O)C[C@@H]1NC(=O)CN(C1CC1)C(=O)CC2. The normalized spacial score (nSPS) is 23.3. The molecule has 0 unspecified atom stereocenters. The predicted octanol–water partition coefficient (Wildman–Crippen LogP) is 3.04. The lowest BCUT2D eigenvalue weighted by Gasteiger charge is -2.25. The molecular weight excluding hydrogens is 576 g/mol. The van der Waals surface area contributed by atoms with Gasteiger partial charge in [0.25, 0.3) is 0 Å². The van der Waals surface area contributed by atoms with Crippen LogP contribution in [0.5, 0.6) is 17.2 Å². The molecule has 45 heavy (non-hydrogen) atoms. The van der Waals surface area contributed by atoms with Gasteiger partial charge in [0.2, 0.25) is 23.6 Å². The highest BCUT2D eigenvalue weighted by molar-refractivity contribution is 5.87. The van der Waals surface area contributed by atoms with Gasteiger partial charge in [-0.05, 0) is 67.5 Å². The molecule has 4 heterocycles. The van der Waals surface area contributed by atoms with Crippen LogP contribution in [0.2, 0.25) is 0 Å². The molecule has 1 saturated carbocycles. The molecule has 11 heteroatoms. The van der Waals surface area contributed by atoms with Crippen LogP contribution in [0.25, 0.3) is 0 Å². The topological polar surface area (TPSA) is 118 Å². The lowest BCUT2D eigenvalue weighted by atomic mass is 10.1. The molecule has 0 radical (unpaired) electrons. The van der Waals surface area contributed by atoms with Crippen molar-refractivity contribution in [2.75, 3.05) is 39.8 Å². The average Bonchev–Trinajstić information content (AvgIpc) is 3.83. The molecule has 2 atom stereocenters. The molecule has 2 saturated heterocycles. The van der Waals surface area contributed by atoms with E-state index in [4.69, 9.17) is 14.2 Å². The zero-order valence-electron chi connectivity index (χ0n) is 25.9. The van der Waals surface area contributed by atoms with Crippen LogP contribution in [-0.4, -0.2) is 96.3 Å². The summed E-state index contributed by atoms with van der Waals surface area (Å²) in [6, 6.07) is 12.8. The summed E-state index contributed by atoms with van der Waals surface area (Å²) in [4.78, 5) is 57.7. The molecular formula is C34H42N4O7. The van der Waals surface area contributed by atoms with Gasteiger partial charge in [0.05, 0.1) is 39.0 Å². The molecule has 2 aromatic rings. The molecule has 1 aliphatic carbocycles. The first-order valence-electron chi connectivity index (χ1n) is 16.1. The van der Waals surface area contributed by atoms with Crippen molar-refractivity contribution in [1.29, 1.82) is 0 Å². The largest absolute Gasteiger partial charge is 0.493 e. The van der Waals surface area contributed by atoms with Crippen molar-refractivity contribution in [3.05, 3.63) is 53.6 Å². The molecule has 4 aliphatic heterocycles. The number of hydrogen-bond donors (Lipinski definition) is 1. The van der Waals surface area contributed by atoms with E-state index in [1.54, 1.807) is 21.8 Å². The molecule has 0 aromatic heterocycles. The number of carbonyl (C=O) groups is 4. The van der Waals surface area contributed by atoms with Gasteiger partial charge in [0.15, 0.2) is 11.5 Å². The summed E-state index contributed by atoms with van der Waals surface area (Å²) in [6.45, 7) is 1.37. The number of fused-ring (bicyclic) bond motifs is 9. The monoisotopic (exact) mass is 618 g/mol. The van der Waals surface area contributed by atoms with Crippen LogP contribution in [0.3, 0.4) is 0 Å². The molecule has 11 nitrogen and oxygen atoms in total. The van der Waals surface area contributed by atoms with Crippen molar-refractivity contribution >= 4 is 23.6 Å². The van der Waals surface area contributed by atoms with Gasteiger partial charge in [-0.3, -0.25) is 19.2 Å². The fourth-order valence-electron chi connectivity index (χ4n) is 6.34. The summed E-state index contributed by atoms with van der Waals surface area (Å²) in [5.74, 6) is 1.26. The van der Waals surface area contributed by atoms with E-state index in [2.05, 4.69) is 5.32 Å². The number of amides is 4. The number of benzene rings is 2. The number of likely N-dealkylation sites (tertiary alicyclic amines) is 2. The second-order valence-corrected chi connectivity index (χ2v) is 12.4. The third kappa shape index (κ3) is 7.76. The maximum Gasteiger partial charge on any atom is 0.242 e. The van der Waals surface area contributed by atoms with Crippen LogP contribution in [0.1, 0.15) is 56.1 Å². The van der Waals surface area contributed by atoms with Crippen molar-refractivity contribution in [3.63, 3.8) is 0 Å². The van der Waals surface area contributed by atoms with E-state index in [9.17, 15) is 19.2 Å². The minimum absolute atomic E-state index is 0.0117. The Hall–Kier alpha value is -4.12. The molecule has 2 aromatic carbocycles. The lowest BCUT2D eigenvalue weighted by molar-refractivity contribution is -0.139. The van der Waals surface area contributed by atoms with E-state index >= 15 is 0 Å². The van der Waals surface area contributed by atoms with Gasteiger partial charge in [0, 0.05) is 38.5 Å². The Bertz CT molecular complexity index is 1430. The summed E-state index contributed by atoms with van der Waals surface area (Å²) in [6.07, 6.45) is 5.25. The minimum Gasteiger partial charge on any atom is -0.493 e. The Morgan fingerprint density at radius 2 is 1.82 bits per heavy atom. The maximum atomic E-state index is 13.4. The fraction of sp³-hybridized carbons (Fsp3) is 0.529. The van der Waals surface area contributed by atoms with Gasteiger partial charge in [-0.1, -0.05) is 24.6 Å². The van der Waals surface area contributed by atoms with Gasteiger partial charge in [-0.15, -0.1) is 0 Å². The van der Waals surface area contributed by atoms with E-state index in [1.165, 1.54) is 0 Å². The summed E-state index contributed by atoms with van der Waals surface area (Å²) in [5.41, 5.74) is 1.81. The summed E-state index contributed by atoms with van der Waals surface area (Å²) in [5, 5.41) is 3.08. The smallest absolute Gasteiger partial charge is 0.242 e. The first-order chi connectivity index (χ1) is 21.9. The van der Waals surface area contributed by atoms with E-state index in [-0.39, 0.29) is 68.9 Å². The predicted molar refractivity (Wildman–Crippen MR) is 165 cm³/mol. The third-order valence-corrected chi connectivity index (χ3v) is 9.03. The molecule has 3 fully saturated rings. The first-order valence-corrected chi connectivity index (χ1v) is 16.1. The Morgan fingerprint density at radius 1 is 0.956 bits per heavy atom. The van der Waals surface area contributed by atoms with Gasteiger partial charge in [0.1, 0.15) is 5.75 Å². The maximum absolute atomic E-state index is 13.4. The van der Waals surface area contributed by atoms with Crippen LogP contribution in [0.15, 0.2) is 42.5 Å². The van der Waals surface area contributed by atoms with Crippen LogP contribution in [0.4, 0.5) is 0 Å².